The zero-order valence-electron chi connectivity index (χ0n) is 16.4. The van der Waals surface area contributed by atoms with Gasteiger partial charge in [0.25, 0.3) is 0 Å². The van der Waals surface area contributed by atoms with Gasteiger partial charge < -0.3 is 14.4 Å². The predicted molar refractivity (Wildman–Crippen MR) is 102 cm³/mol. The number of anilines is 2. The van der Waals surface area contributed by atoms with Crippen molar-refractivity contribution in [3.8, 4) is 11.8 Å². The molecule has 0 aliphatic heterocycles. The zero-order chi connectivity index (χ0) is 20.6. The Morgan fingerprint density at radius 1 is 1.00 bits per heavy atom. The van der Waals surface area contributed by atoms with Crippen LogP contribution >= 0.6 is 0 Å². The molecule has 0 radical (unpaired) electrons. The topological polar surface area (TPSA) is 47.5 Å². The summed E-state index contributed by atoms with van der Waals surface area (Å²) in [6.07, 6.45) is -0.348. The molecule has 0 atom stereocenters. The molecule has 1 aromatic heterocycles. The number of rotatable bonds is 10. The Bertz CT molecular complexity index is 754. The summed E-state index contributed by atoms with van der Waals surface area (Å²) in [7, 11) is 1.52. The normalized spacial score (nSPS) is 11.4. The van der Waals surface area contributed by atoms with Gasteiger partial charge in [0, 0.05) is 13.2 Å². The van der Waals surface area contributed by atoms with Gasteiger partial charge in [0.2, 0.25) is 0 Å². The summed E-state index contributed by atoms with van der Waals surface area (Å²) in [6, 6.07) is 6.87. The molecule has 0 fully saturated rings. The van der Waals surface area contributed by atoms with Crippen LogP contribution in [0.25, 0.3) is 0 Å². The van der Waals surface area contributed by atoms with Crippen LogP contribution in [0.5, 0.6) is 11.8 Å². The van der Waals surface area contributed by atoms with E-state index in [1.807, 2.05) is 13.8 Å². The van der Waals surface area contributed by atoms with E-state index in [4.69, 9.17) is 9.47 Å². The largest absolute Gasteiger partial charge is 0.491 e. The third-order valence-corrected chi connectivity index (χ3v) is 4.08. The van der Waals surface area contributed by atoms with Gasteiger partial charge in [-0.25, -0.2) is 4.98 Å². The lowest BCUT2D eigenvalue weighted by molar-refractivity contribution is -0.137. The van der Waals surface area contributed by atoms with Crippen LogP contribution in [-0.4, -0.2) is 30.2 Å². The van der Waals surface area contributed by atoms with E-state index in [-0.39, 0.29) is 11.8 Å². The van der Waals surface area contributed by atoms with Crippen LogP contribution in [0.15, 0.2) is 30.5 Å². The fourth-order valence-corrected chi connectivity index (χ4v) is 2.49. The molecule has 0 saturated carbocycles. The van der Waals surface area contributed by atoms with E-state index in [0.29, 0.717) is 24.7 Å². The van der Waals surface area contributed by atoms with E-state index in [9.17, 15) is 13.2 Å². The Labute approximate surface area is 163 Å². The number of unbranched alkanes of at least 4 members (excludes halogenated alkanes) is 2. The van der Waals surface area contributed by atoms with Crippen LogP contribution in [0.4, 0.5) is 24.7 Å². The standard InChI is InChI=1S/C20H26F3N3O2/c1-4-6-12-27-17-11-9-8-10-16(17)26(3)18-15(20(21,22)23)14-24-19(25-18)28-13-7-5-2/h8-11,14H,4-7,12-13H2,1-3H3. The molecule has 0 N–H and O–H groups in total. The summed E-state index contributed by atoms with van der Waals surface area (Å²) in [5, 5.41) is 0. The smallest absolute Gasteiger partial charge is 0.421 e. The van der Waals surface area contributed by atoms with Crippen LogP contribution in [0.2, 0.25) is 0 Å². The first-order valence-electron chi connectivity index (χ1n) is 9.41. The third-order valence-electron chi connectivity index (χ3n) is 4.08. The molecular formula is C20H26F3N3O2. The molecule has 0 bridgehead atoms. The van der Waals surface area contributed by atoms with Crippen molar-refractivity contribution in [2.75, 3.05) is 25.2 Å². The highest BCUT2D eigenvalue weighted by Crippen LogP contribution is 2.40. The van der Waals surface area contributed by atoms with Crippen molar-refractivity contribution < 1.29 is 22.6 Å². The molecule has 0 saturated heterocycles. The van der Waals surface area contributed by atoms with Gasteiger partial charge in [0.05, 0.1) is 18.9 Å². The number of halogens is 3. The molecule has 28 heavy (non-hydrogen) atoms. The van der Waals surface area contributed by atoms with E-state index < -0.39 is 11.7 Å². The molecule has 5 nitrogen and oxygen atoms in total. The third kappa shape index (κ3) is 5.74. The highest BCUT2D eigenvalue weighted by Gasteiger charge is 2.37. The highest BCUT2D eigenvalue weighted by molar-refractivity contribution is 5.68. The lowest BCUT2D eigenvalue weighted by atomic mass is 10.2. The summed E-state index contributed by atoms with van der Waals surface area (Å²) >= 11 is 0. The van der Waals surface area contributed by atoms with Crippen molar-refractivity contribution in [2.24, 2.45) is 0 Å². The average Bonchev–Trinajstić information content (AvgIpc) is 2.67. The van der Waals surface area contributed by atoms with Gasteiger partial charge in [-0.15, -0.1) is 0 Å². The number of aromatic nitrogens is 2. The summed E-state index contributed by atoms with van der Waals surface area (Å²) in [4.78, 5) is 9.13. The Morgan fingerprint density at radius 2 is 1.64 bits per heavy atom. The van der Waals surface area contributed by atoms with E-state index in [1.165, 1.54) is 11.9 Å². The van der Waals surface area contributed by atoms with Gasteiger partial charge in [-0.3, -0.25) is 0 Å². The van der Waals surface area contributed by atoms with Crippen molar-refractivity contribution >= 4 is 11.5 Å². The number of benzene rings is 1. The molecule has 0 unspecified atom stereocenters. The fourth-order valence-electron chi connectivity index (χ4n) is 2.49. The first-order valence-corrected chi connectivity index (χ1v) is 9.41. The first kappa shape index (κ1) is 21.8. The maximum absolute atomic E-state index is 13.5. The van der Waals surface area contributed by atoms with Gasteiger partial charge in [-0.1, -0.05) is 38.8 Å². The summed E-state index contributed by atoms with van der Waals surface area (Å²) in [5.74, 6) is 0.221. The summed E-state index contributed by atoms with van der Waals surface area (Å²) in [5.41, 5.74) is -0.441. The lowest BCUT2D eigenvalue weighted by Gasteiger charge is -2.24. The van der Waals surface area contributed by atoms with Crippen LogP contribution in [0, 0.1) is 0 Å². The second-order valence-electron chi connectivity index (χ2n) is 6.32. The monoisotopic (exact) mass is 397 g/mol. The number of hydrogen-bond acceptors (Lipinski definition) is 5. The van der Waals surface area contributed by atoms with Crippen molar-refractivity contribution in [3.05, 3.63) is 36.0 Å². The summed E-state index contributed by atoms with van der Waals surface area (Å²) < 4.78 is 51.8. The fraction of sp³-hybridized carbons (Fsp3) is 0.500. The van der Waals surface area contributed by atoms with E-state index in [2.05, 4.69) is 9.97 Å². The maximum Gasteiger partial charge on any atom is 0.421 e. The Hall–Kier alpha value is -2.51. The predicted octanol–water partition coefficient (Wildman–Crippen LogP) is 5.62. The average molecular weight is 397 g/mol. The van der Waals surface area contributed by atoms with Crippen molar-refractivity contribution in [1.29, 1.82) is 0 Å². The van der Waals surface area contributed by atoms with Crippen LogP contribution in [0.3, 0.4) is 0 Å². The molecule has 154 valence electrons. The Kier molecular flexibility index (Phi) is 7.90. The minimum absolute atomic E-state index is 0.0762. The molecule has 2 aromatic rings. The lowest BCUT2D eigenvalue weighted by Crippen LogP contribution is -2.20. The molecule has 0 aliphatic carbocycles. The minimum atomic E-state index is -4.59. The van der Waals surface area contributed by atoms with Gasteiger partial charge >= 0.3 is 12.2 Å². The molecule has 1 aromatic carbocycles. The van der Waals surface area contributed by atoms with Gasteiger partial charge in [-0.2, -0.15) is 18.2 Å². The second-order valence-corrected chi connectivity index (χ2v) is 6.32. The molecule has 8 heteroatoms. The van der Waals surface area contributed by atoms with Gasteiger partial charge in [0.15, 0.2) is 5.82 Å². The highest BCUT2D eigenvalue weighted by atomic mass is 19.4. The minimum Gasteiger partial charge on any atom is -0.491 e. The number of hydrogen-bond donors (Lipinski definition) is 0. The summed E-state index contributed by atoms with van der Waals surface area (Å²) in [6.45, 7) is 4.87. The SMILES string of the molecule is CCCCOc1ncc(C(F)(F)F)c(N(C)c2ccccc2OCCCC)n1. The zero-order valence-corrected chi connectivity index (χ0v) is 16.4. The molecule has 0 aliphatic rings. The van der Waals surface area contributed by atoms with Gasteiger partial charge in [-0.05, 0) is 25.0 Å². The molecule has 1 heterocycles. The van der Waals surface area contributed by atoms with Crippen LogP contribution in [-0.2, 0) is 6.18 Å². The van der Waals surface area contributed by atoms with Crippen LogP contribution < -0.4 is 14.4 Å². The van der Waals surface area contributed by atoms with E-state index in [1.54, 1.807) is 24.3 Å². The Morgan fingerprint density at radius 3 is 2.29 bits per heavy atom. The molecule has 0 spiro atoms. The quantitative estimate of drug-likeness (QED) is 0.487. The molecule has 0 amide bonds. The maximum atomic E-state index is 13.5. The van der Waals surface area contributed by atoms with E-state index >= 15 is 0 Å². The number of alkyl halides is 3. The number of nitrogens with zero attached hydrogens (tertiary/aromatic N) is 3. The van der Waals surface area contributed by atoms with E-state index in [0.717, 1.165) is 31.9 Å². The van der Waals surface area contributed by atoms with Gasteiger partial charge in [0.1, 0.15) is 11.3 Å². The first-order chi connectivity index (χ1) is 13.4. The Balaban J connectivity index is 2.39. The van der Waals surface area contributed by atoms with Crippen molar-refractivity contribution in [1.82, 2.24) is 9.97 Å². The molecular weight excluding hydrogens is 371 g/mol. The van der Waals surface area contributed by atoms with Crippen molar-refractivity contribution in [3.63, 3.8) is 0 Å². The van der Waals surface area contributed by atoms with Crippen molar-refractivity contribution in [2.45, 2.75) is 45.7 Å². The number of para-hydroxylation sites is 2. The second kappa shape index (κ2) is 10.1. The number of ether oxygens (including phenoxy) is 2. The van der Waals surface area contributed by atoms with Crippen LogP contribution in [0.1, 0.15) is 45.1 Å². The molecule has 2 rings (SSSR count).